The first kappa shape index (κ1) is 17.3. The first-order valence-corrected chi connectivity index (χ1v) is 8.44. The lowest BCUT2D eigenvalue weighted by molar-refractivity contribution is 0.0816. The minimum Gasteiger partial charge on any atom is -0.497 e. The van der Waals surface area contributed by atoms with Gasteiger partial charge >= 0.3 is 0 Å². The summed E-state index contributed by atoms with van der Waals surface area (Å²) in [5.41, 5.74) is 2.35. The quantitative estimate of drug-likeness (QED) is 0.913. The highest BCUT2D eigenvalue weighted by molar-refractivity contribution is 6.31. The number of nitrogens with one attached hydrogen (secondary N) is 1. The fraction of sp³-hybridized carbons (Fsp3) is 0.263. The van der Waals surface area contributed by atoms with Crippen LogP contribution in [-0.2, 0) is 6.42 Å². The normalized spacial score (nSPS) is 13.8. The van der Waals surface area contributed by atoms with E-state index in [0.29, 0.717) is 22.8 Å². The molecule has 6 heteroatoms. The van der Waals surface area contributed by atoms with E-state index in [4.69, 9.17) is 16.3 Å². The molecule has 0 spiro atoms. The van der Waals surface area contributed by atoms with Crippen molar-refractivity contribution in [2.75, 3.05) is 27.2 Å². The Morgan fingerprint density at radius 1 is 1.28 bits per heavy atom. The van der Waals surface area contributed by atoms with E-state index >= 15 is 0 Å². The number of amides is 1. The highest BCUT2D eigenvalue weighted by atomic mass is 35.5. The summed E-state index contributed by atoms with van der Waals surface area (Å²) >= 11 is 6.01. The molecule has 1 heterocycles. The number of fused-ring (bicyclic) bond motifs is 1. The van der Waals surface area contributed by atoms with E-state index in [9.17, 15) is 4.79 Å². The van der Waals surface area contributed by atoms with Crippen molar-refractivity contribution >= 4 is 29.0 Å². The summed E-state index contributed by atoms with van der Waals surface area (Å²) in [7, 11) is 3.42. The topological polar surface area (TPSA) is 53.9 Å². The molecule has 0 aromatic heterocycles. The molecule has 0 fully saturated rings. The smallest absolute Gasteiger partial charge is 0.256 e. The van der Waals surface area contributed by atoms with Gasteiger partial charge in [-0.05, 0) is 42.3 Å². The maximum atomic E-state index is 12.5. The van der Waals surface area contributed by atoms with Gasteiger partial charge in [0.1, 0.15) is 11.6 Å². The Hall–Kier alpha value is -2.53. The number of benzene rings is 2. The van der Waals surface area contributed by atoms with Crippen LogP contribution in [0.4, 0.5) is 5.69 Å². The van der Waals surface area contributed by atoms with Crippen molar-refractivity contribution in [3.05, 3.63) is 58.6 Å². The van der Waals surface area contributed by atoms with Crippen molar-refractivity contribution in [3.8, 4) is 5.75 Å². The molecule has 0 atom stereocenters. The summed E-state index contributed by atoms with van der Waals surface area (Å²) in [4.78, 5) is 18.7. The van der Waals surface area contributed by atoms with Crippen LogP contribution < -0.4 is 10.1 Å². The van der Waals surface area contributed by atoms with Gasteiger partial charge in [0.15, 0.2) is 0 Å². The molecule has 3 rings (SSSR count). The summed E-state index contributed by atoms with van der Waals surface area (Å²) in [5, 5.41) is 3.87. The Bertz CT molecular complexity index is 820. The fourth-order valence-electron chi connectivity index (χ4n) is 2.73. The van der Waals surface area contributed by atoms with Crippen LogP contribution in [0.5, 0.6) is 5.75 Å². The standard InChI is InChI=1S/C19H20ClN3O2/c1-23-12-18(21-9-8-13-4-3-5-15(10-13)25-2)22-17-7-6-14(20)11-16(17)19(23)24/h3-7,10-11H,8-9,12H2,1-2H3,(H,21,22). The van der Waals surface area contributed by atoms with E-state index in [1.807, 2.05) is 18.2 Å². The maximum Gasteiger partial charge on any atom is 0.256 e. The zero-order valence-electron chi connectivity index (χ0n) is 14.3. The zero-order chi connectivity index (χ0) is 17.8. The lowest BCUT2D eigenvalue weighted by Gasteiger charge is -2.16. The molecular weight excluding hydrogens is 338 g/mol. The number of nitrogens with zero attached hydrogens (tertiary/aromatic N) is 2. The van der Waals surface area contributed by atoms with Gasteiger partial charge in [-0.2, -0.15) is 0 Å². The summed E-state index contributed by atoms with van der Waals surface area (Å²) < 4.78 is 5.24. The Morgan fingerprint density at radius 2 is 2.12 bits per heavy atom. The van der Waals surface area contributed by atoms with Gasteiger partial charge in [-0.25, -0.2) is 4.99 Å². The van der Waals surface area contributed by atoms with Crippen LogP contribution in [0.1, 0.15) is 15.9 Å². The summed E-state index contributed by atoms with van der Waals surface area (Å²) in [5.74, 6) is 1.53. The average molecular weight is 358 g/mol. The molecule has 0 aliphatic carbocycles. The Labute approximate surface area is 152 Å². The second-order valence-electron chi connectivity index (χ2n) is 5.91. The molecule has 1 aliphatic rings. The number of carbonyl (C=O) groups excluding carboxylic acids is 1. The Kier molecular flexibility index (Phi) is 5.24. The first-order chi connectivity index (χ1) is 12.1. The summed E-state index contributed by atoms with van der Waals surface area (Å²) in [6, 6.07) is 13.2. The van der Waals surface area contributed by atoms with Gasteiger partial charge in [-0.1, -0.05) is 23.7 Å². The van der Waals surface area contributed by atoms with Crippen LogP contribution in [0.15, 0.2) is 47.5 Å². The molecule has 0 unspecified atom stereocenters. The second-order valence-corrected chi connectivity index (χ2v) is 6.35. The highest BCUT2D eigenvalue weighted by Gasteiger charge is 2.21. The van der Waals surface area contributed by atoms with E-state index in [1.165, 1.54) is 5.56 Å². The number of ether oxygens (including phenoxy) is 1. The molecule has 5 nitrogen and oxygen atoms in total. The van der Waals surface area contributed by atoms with Crippen LogP contribution in [0.2, 0.25) is 5.02 Å². The van der Waals surface area contributed by atoms with Gasteiger partial charge in [0, 0.05) is 18.6 Å². The van der Waals surface area contributed by atoms with Gasteiger partial charge in [-0.15, -0.1) is 0 Å². The number of rotatable bonds is 4. The third-order valence-corrected chi connectivity index (χ3v) is 4.29. The molecule has 1 amide bonds. The average Bonchev–Trinajstić information content (AvgIpc) is 2.73. The third-order valence-electron chi connectivity index (χ3n) is 4.05. The van der Waals surface area contributed by atoms with Crippen molar-refractivity contribution in [3.63, 3.8) is 0 Å². The number of halogens is 1. The fourth-order valence-corrected chi connectivity index (χ4v) is 2.91. The molecular formula is C19H20ClN3O2. The molecule has 25 heavy (non-hydrogen) atoms. The summed E-state index contributed by atoms with van der Waals surface area (Å²) in [6.07, 6.45) is 0.835. The predicted molar refractivity (Wildman–Crippen MR) is 100 cm³/mol. The van der Waals surface area contributed by atoms with Crippen LogP contribution in [0.3, 0.4) is 0 Å². The molecule has 0 radical (unpaired) electrons. The van der Waals surface area contributed by atoms with Gasteiger partial charge in [0.25, 0.3) is 5.91 Å². The molecule has 2 aromatic carbocycles. The lowest BCUT2D eigenvalue weighted by Crippen LogP contribution is -2.37. The molecule has 0 saturated carbocycles. The molecule has 1 aliphatic heterocycles. The van der Waals surface area contributed by atoms with E-state index in [2.05, 4.69) is 16.4 Å². The number of carbonyl (C=O) groups is 1. The van der Waals surface area contributed by atoms with Crippen molar-refractivity contribution in [1.29, 1.82) is 0 Å². The van der Waals surface area contributed by atoms with Crippen LogP contribution >= 0.6 is 11.6 Å². The number of amidine groups is 1. The minimum atomic E-state index is -0.0779. The number of methoxy groups -OCH3 is 1. The van der Waals surface area contributed by atoms with Crippen LogP contribution in [0, 0.1) is 0 Å². The maximum absolute atomic E-state index is 12.5. The second kappa shape index (κ2) is 7.57. The van der Waals surface area contributed by atoms with Crippen molar-refractivity contribution in [2.45, 2.75) is 6.42 Å². The largest absolute Gasteiger partial charge is 0.497 e. The van der Waals surface area contributed by atoms with Gasteiger partial charge in [0.05, 0.1) is 24.9 Å². The van der Waals surface area contributed by atoms with Crippen LogP contribution in [-0.4, -0.2) is 43.9 Å². The number of hydrogen-bond donors (Lipinski definition) is 1. The van der Waals surface area contributed by atoms with E-state index in [0.717, 1.165) is 24.6 Å². The minimum absolute atomic E-state index is 0.0779. The molecule has 0 saturated heterocycles. The van der Waals surface area contributed by atoms with Gasteiger partial charge in [-0.3, -0.25) is 4.79 Å². The lowest BCUT2D eigenvalue weighted by atomic mass is 10.1. The van der Waals surface area contributed by atoms with E-state index < -0.39 is 0 Å². The van der Waals surface area contributed by atoms with Crippen molar-refractivity contribution in [1.82, 2.24) is 10.2 Å². The summed E-state index contributed by atoms with van der Waals surface area (Å²) in [6.45, 7) is 1.15. The number of aliphatic imine (C=N–C) groups is 1. The molecule has 0 bridgehead atoms. The van der Waals surface area contributed by atoms with Gasteiger partial charge in [0.2, 0.25) is 0 Å². The van der Waals surface area contributed by atoms with Crippen molar-refractivity contribution < 1.29 is 9.53 Å². The first-order valence-electron chi connectivity index (χ1n) is 8.06. The van der Waals surface area contributed by atoms with Gasteiger partial charge < -0.3 is 15.0 Å². The molecule has 2 aromatic rings. The van der Waals surface area contributed by atoms with Crippen LogP contribution in [0.25, 0.3) is 0 Å². The third kappa shape index (κ3) is 4.12. The Morgan fingerprint density at radius 3 is 2.92 bits per heavy atom. The molecule has 1 N–H and O–H groups in total. The van der Waals surface area contributed by atoms with E-state index in [-0.39, 0.29) is 5.91 Å². The van der Waals surface area contributed by atoms with E-state index in [1.54, 1.807) is 37.3 Å². The van der Waals surface area contributed by atoms with Crippen molar-refractivity contribution in [2.24, 2.45) is 4.99 Å². The zero-order valence-corrected chi connectivity index (χ0v) is 15.0. The number of hydrogen-bond acceptors (Lipinski definition) is 4. The predicted octanol–water partition coefficient (Wildman–Crippen LogP) is 3.30. The monoisotopic (exact) mass is 357 g/mol. The Balaban J connectivity index is 1.71. The SMILES string of the molecule is COc1cccc(CCNC2=Nc3ccc(Cl)cc3C(=O)N(C)C2)c1. The highest BCUT2D eigenvalue weighted by Crippen LogP contribution is 2.26. The number of likely N-dealkylation sites (N-methyl/N-ethyl adjacent to an activating group) is 1. The molecule has 130 valence electrons.